The quantitative estimate of drug-likeness (QED) is 0.622. The first-order chi connectivity index (χ1) is 14.3. The zero-order valence-corrected chi connectivity index (χ0v) is 18.8. The fourth-order valence-corrected chi connectivity index (χ4v) is 8.75. The number of carbonyl (C=O) groups is 2. The van der Waals surface area contributed by atoms with Crippen LogP contribution in [0.5, 0.6) is 0 Å². The molecule has 1 aliphatic heterocycles. The summed E-state index contributed by atoms with van der Waals surface area (Å²) in [5, 5.41) is 12.6. The second-order valence-electron chi connectivity index (χ2n) is 11.2. The van der Waals surface area contributed by atoms with E-state index in [1.54, 1.807) is 0 Å². The van der Waals surface area contributed by atoms with Crippen LogP contribution in [0, 0.1) is 46.3 Å². The minimum absolute atomic E-state index is 0.0123. The third-order valence-electron chi connectivity index (χ3n) is 10.2. The molecule has 0 bridgehead atoms. The van der Waals surface area contributed by atoms with Gasteiger partial charge in [-0.3, -0.25) is 9.59 Å². The van der Waals surface area contributed by atoms with Gasteiger partial charge in [-0.05, 0) is 84.7 Å². The maximum atomic E-state index is 12.6. The molecule has 0 aromatic carbocycles. The second kappa shape index (κ2) is 6.96. The minimum Gasteiger partial charge on any atom is -0.466 e. The Hall–Kier alpha value is -1.59. The molecule has 0 aromatic rings. The van der Waals surface area contributed by atoms with Gasteiger partial charge in [0.1, 0.15) is 11.8 Å². The Morgan fingerprint density at radius 2 is 1.97 bits per heavy atom. The first-order valence-electron chi connectivity index (χ1n) is 11.9. The summed E-state index contributed by atoms with van der Waals surface area (Å²) >= 11 is 0. The Balaban J connectivity index is 1.41. The van der Waals surface area contributed by atoms with E-state index in [9.17, 15) is 9.59 Å². The van der Waals surface area contributed by atoms with Gasteiger partial charge >= 0.3 is 5.97 Å². The number of carbonyl (C=O) groups excluding carboxylic acids is 2. The zero-order valence-electron chi connectivity index (χ0n) is 18.8. The van der Waals surface area contributed by atoms with E-state index in [2.05, 4.69) is 36.2 Å². The van der Waals surface area contributed by atoms with Gasteiger partial charge < -0.3 is 4.74 Å². The maximum absolute atomic E-state index is 12.6. The Bertz CT molecular complexity index is 823. The molecule has 0 aromatic heterocycles. The molecule has 0 amide bonds. The SMILES string of the molecule is CC(=O)OC[C@@H](C)[C@H]1CC[C@H]2[C@@H]3CC[C@H]4CC(=O)C5=NN=NC5[C@]4(C)[C@H]3CC[C@]12C. The summed E-state index contributed by atoms with van der Waals surface area (Å²) in [6, 6.07) is -0.124. The van der Waals surface area contributed by atoms with E-state index in [0.29, 0.717) is 53.7 Å². The third-order valence-corrected chi connectivity index (χ3v) is 10.2. The number of hydrogen-bond acceptors (Lipinski definition) is 6. The van der Waals surface area contributed by atoms with E-state index in [1.807, 2.05) is 0 Å². The van der Waals surface area contributed by atoms with Crippen LogP contribution in [0.2, 0.25) is 0 Å². The van der Waals surface area contributed by atoms with Crippen LogP contribution in [0.25, 0.3) is 0 Å². The van der Waals surface area contributed by atoms with Crippen LogP contribution >= 0.6 is 0 Å². The molecule has 0 radical (unpaired) electrons. The first kappa shape index (κ1) is 20.3. The summed E-state index contributed by atoms with van der Waals surface area (Å²) in [4.78, 5) is 23.9. The predicted molar refractivity (Wildman–Crippen MR) is 113 cm³/mol. The number of esters is 1. The molecule has 0 N–H and O–H groups in total. The molecule has 6 heteroatoms. The average Bonchev–Trinajstić information content (AvgIpc) is 3.33. The smallest absolute Gasteiger partial charge is 0.302 e. The molecule has 30 heavy (non-hydrogen) atoms. The number of rotatable bonds is 3. The van der Waals surface area contributed by atoms with Crippen LogP contribution in [-0.4, -0.2) is 30.1 Å². The topological polar surface area (TPSA) is 80.5 Å². The van der Waals surface area contributed by atoms with Crippen molar-refractivity contribution in [2.75, 3.05) is 6.61 Å². The molecule has 5 rings (SSSR count). The molecular weight excluding hydrogens is 378 g/mol. The summed E-state index contributed by atoms with van der Waals surface area (Å²) in [6.07, 6.45) is 7.93. The lowest BCUT2D eigenvalue weighted by Crippen LogP contribution is -2.60. The van der Waals surface area contributed by atoms with Crippen LogP contribution in [0.4, 0.5) is 0 Å². The molecule has 164 valence electrons. The number of ketones is 1. The monoisotopic (exact) mass is 413 g/mol. The number of fused-ring (bicyclic) bond motifs is 7. The lowest BCUT2D eigenvalue weighted by Gasteiger charge is -2.61. The highest BCUT2D eigenvalue weighted by Crippen LogP contribution is 2.68. The van der Waals surface area contributed by atoms with E-state index in [0.717, 1.165) is 12.3 Å². The van der Waals surface area contributed by atoms with E-state index in [1.165, 1.54) is 39.0 Å². The molecular formula is C24H35N3O3. The molecule has 4 fully saturated rings. The molecule has 4 saturated carbocycles. The van der Waals surface area contributed by atoms with Crippen molar-refractivity contribution >= 4 is 17.5 Å². The highest BCUT2D eigenvalue weighted by atomic mass is 16.5. The van der Waals surface area contributed by atoms with E-state index in [-0.39, 0.29) is 23.2 Å². The van der Waals surface area contributed by atoms with Crippen LogP contribution in [0.1, 0.15) is 72.6 Å². The summed E-state index contributed by atoms with van der Waals surface area (Å²) in [7, 11) is 0. The van der Waals surface area contributed by atoms with Gasteiger partial charge in [-0.25, -0.2) is 0 Å². The standard InChI is InChI=1S/C24H35N3O3/c1-13(12-30-14(2)28)17-7-8-18-16-6-5-15-11-20(29)21-22(26-27-25-21)24(15,4)19(16)9-10-23(17,18)3/h13,15-19,22H,5-12H2,1-4H3/t13-,15+,16+,17-,18+,19+,22?,23-,24+/m1/s1. The first-order valence-corrected chi connectivity index (χ1v) is 11.9. The van der Waals surface area contributed by atoms with Crippen molar-refractivity contribution in [3.63, 3.8) is 0 Å². The summed E-state index contributed by atoms with van der Waals surface area (Å²) in [5.74, 6) is 3.44. The number of ether oxygens (including phenoxy) is 1. The van der Waals surface area contributed by atoms with Crippen LogP contribution in [-0.2, 0) is 14.3 Å². The fourth-order valence-electron chi connectivity index (χ4n) is 8.75. The number of nitrogens with zero attached hydrogens (tertiary/aromatic N) is 3. The van der Waals surface area contributed by atoms with Crippen molar-refractivity contribution in [3.8, 4) is 0 Å². The van der Waals surface area contributed by atoms with Crippen molar-refractivity contribution in [2.24, 2.45) is 61.8 Å². The second-order valence-corrected chi connectivity index (χ2v) is 11.2. The predicted octanol–water partition coefficient (Wildman–Crippen LogP) is 4.82. The van der Waals surface area contributed by atoms with Gasteiger partial charge in [-0.2, -0.15) is 5.11 Å². The molecule has 1 unspecified atom stereocenters. The van der Waals surface area contributed by atoms with E-state index in [4.69, 9.17) is 4.74 Å². The molecule has 4 aliphatic carbocycles. The molecule has 9 atom stereocenters. The van der Waals surface area contributed by atoms with Gasteiger partial charge in [-0.1, -0.05) is 20.8 Å². The van der Waals surface area contributed by atoms with Crippen molar-refractivity contribution in [2.45, 2.75) is 78.7 Å². The summed E-state index contributed by atoms with van der Waals surface area (Å²) < 4.78 is 5.38. The molecule has 0 saturated heterocycles. The molecule has 1 heterocycles. The van der Waals surface area contributed by atoms with Crippen molar-refractivity contribution in [1.29, 1.82) is 0 Å². The summed E-state index contributed by atoms with van der Waals surface area (Å²) in [6.45, 7) is 9.21. The van der Waals surface area contributed by atoms with Crippen LogP contribution < -0.4 is 0 Å². The van der Waals surface area contributed by atoms with Crippen molar-refractivity contribution < 1.29 is 14.3 Å². The molecule has 6 nitrogen and oxygen atoms in total. The largest absolute Gasteiger partial charge is 0.466 e. The number of hydrogen-bond donors (Lipinski definition) is 0. The zero-order chi connectivity index (χ0) is 21.3. The van der Waals surface area contributed by atoms with Crippen molar-refractivity contribution in [1.82, 2.24) is 0 Å². The average molecular weight is 414 g/mol. The lowest BCUT2D eigenvalue weighted by molar-refractivity contribution is -0.144. The Morgan fingerprint density at radius 1 is 1.17 bits per heavy atom. The highest BCUT2D eigenvalue weighted by Gasteiger charge is 2.64. The third kappa shape index (κ3) is 2.70. The van der Waals surface area contributed by atoms with Gasteiger partial charge in [0.25, 0.3) is 0 Å². The van der Waals surface area contributed by atoms with Gasteiger partial charge in [0.2, 0.25) is 0 Å². The van der Waals surface area contributed by atoms with Gasteiger partial charge in [0.05, 0.1) is 6.61 Å². The fraction of sp³-hybridized carbons (Fsp3) is 0.875. The van der Waals surface area contributed by atoms with E-state index < -0.39 is 0 Å². The Kier molecular flexibility index (Phi) is 4.71. The van der Waals surface area contributed by atoms with Crippen LogP contribution in [0.3, 0.4) is 0 Å². The normalized spacial score (nSPS) is 47.6. The van der Waals surface area contributed by atoms with Gasteiger partial charge in [-0.15, -0.1) is 5.10 Å². The highest BCUT2D eigenvalue weighted by molar-refractivity contribution is 6.43. The van der Waals surface area contributed by atoms with E-state index >= 15 is 0 Å². The minimum atomic E-state index is -0.174. The van der Waals surface area contributed by atoms with Crippen molar-refractivity contribution in [3.05, 3.63) is 0 Å². The Morgan fingerprint density at radius 3 is 2.73 bits per heavy atom. The Labute approximate surface area is 179 Å². The summed E-state index contributed by atoms with van der Waals surface area (Å²) in [5.41, 5.74) is 0.961. The van der Waals surface area contributed by atoms with Gasteiger partial charge in [0, 0.05) is 18.8 Å². The lowest BCUT2D eigenvalue weighted by atomic mass is 9.43. The molecule has 0 spiro atoms. The van der Waals surface area contributed by atoms with Gasteiger partial charge in [0.15, 0.2) is 5.78 Å². The molecule has 5 aliphatic rings. The van der Waals surface area contributed by atoms with Crippen LogP contribution in [0.15, 0.2) is 15.4 Å². The maximum Gasteiger partial charge on any atom is 0.302 e. The number of Topliss-reactive ketones (excluding diaryl/α,β-unsaturated/α-hetero) is 1.